The zero-order chi connectivity index (χ0) is 13.8. The third kappa shape index (κ3) is 3.29. The zero-order valence-corrected chi connectivity index (χ0v) is 11.9. The fraction of sp³-hybridized carbons (Fsp3) is 0.429. The van der Waals surface area contributed by atoms with Gasteiger partial charge in [0.15, 0.2) is 0 Å². The van der Waals surface area contributed by atoms with Crippen molar-refractivity contribution < 1.29 is 14.3 Å². The van der Waals surface area contributed by atoms with Gasteiger partial charge >= 0.3 is 5.97 Å². The Labute approximate surface area is 117 Å². The highest BCUT2D eigenvalue weighted by Gasteiger charge is 2.26. The number of amides is 1. The number of benzene rings is 1. The number of esters is 1. The van der Waals surface area contributed by atoms with Crippen molar-refractivity contribution in [1.82, 2.24) is 0 Å². The van der Waals surface area contributed by atoms with Crippen LogP contribution < -0.4 is 4.90 Å². The van der Waals surface area contributed by atoms with E-state index in [1.165, 1.54) is 7.11 Å². The minimum Gasteiger partial charge on any atom is -0.469 e. The summed E-state index contributed by atoms with van der Waals surface area (Å²) >= 11 is 1.78. The summed E-state index contributed by atoms with van der Waals surface area (Å²) in [5, 5.41) is 0.358. The zero-order valence-electron chi connectivity index (χ0n) is 11.1. The molecule has 1 amide bonds. The van der Waals surface area contributed by atoms with Crippen LogP contribution in [0.15, 0.2) is 29.2 Å². The molecule has 1 aromatic carbocycles. The van der Waals surface area contributed by atoms with E-state index in [4.69, 9.17) is 0 Å². The second-order valence-corrected chi connectivity index (χ2v) is 5.96. The molecule has 1 atom stereocenters. The summed E-state index contributed by atoms with van der Waals surface area (Å²) in [6.45, 7) is 2.78. The smallest absolute Gasteiger partial charge is 0.306 e. The molecule has 0 radical (unpaired) electrons. The van der Waals surface area contributed by atoms with Gasteiger partial charge < -0.3 is 9.64 Å². The van der Waals surface area contributed by atoms with Crippen LogP contribution in [0.25, 0.3) is 0 Å². The van der Waals surface area contributed by atoms with Gasteiger partial charge in [-0.05, 0) is 12.1 Å². The van der Waals surface area contributed by atoms with Gasteiger partial charge in [0.2, 0.25) is 5.91 Å². The molecule has 5 heteroatoms. The van der Waals surface area contributed by atoms with Crippen LogP contribution in [0.4, 0.5) is 5.69 Å². The Morgan fingerprint density at radius 1 is 1.37 bits per heavy atom. The molecule has 4 nitrogen and oxygen atoms in total. The van der Waals surface area contributed by atoms with Gasteiger partial charge in [-0.2, -0.15) is 0 Å². The number of nitrogens with zero attached hydrogens (tertiary/aromatic N) is 1. The molecule has 19 heavy (non-hydrogen) atoms. The maximum absolute atomic E-state index is 12.2. The summed E-state index contributed by atoms with van der Waals surface area (Å²) in [6.07, 6.45) is 0.327. The number of methoxy groups -OCH3 is 1. The van der Waals surface area contributed by atoms with Crippen LogP contribution in [0.3, 0.4) is 0 Å². The third-order valence-corrected chi connectivity index (χ3v) is 4.15. The second kappa shape index (κ2) is 6.10. The van der Waals surface area contributed by atoms with Gasteiger partial charge in [0.25, 0.3) is 0 Å². The Morgan fingerprint density at radius 3 is 2.84 bits per heavy atom. The highest BCUT2D eigenvalue weighted by molar-refractivity contribution is 8.00. The molecule has 1 unspecified atom stereocenters. The first-order valence-corrected chi connectivity index (χ1v) is 7.12. The number of fused-ring (bicyclic) bond motifs is 1. The van der Waals surface area contributed by atoms with E-state index in [9.17, 15) is 9.59 Å². The van der Waals surface area contributed by atoms with Crippen molar-refractivity contribution in [2.75, 3.05) is 18.6 Å². The van der Waals surface area contributed by atoms with Crippen LogP contribution in [0.2, 0.25) is 0 Å². The molecule has 0 spiro atoms. The monoisotopic (exact) mass is 279 g/mol. The number of rotatable bonds is 3. The van der Waals surface area contributed by atoms with Crippen LogP contribution in [-0.2, 0) is 14.3 Å². The molecule has 1 aliphatic heterocycles. The molecule has 1 aliphatic rings. The average molecular weight is 279 g/mol. The largest absolute Gasteiger partial charge is 0.469 e. The summed E-state index contributed by atoms with van der Waals surface area (Å²) in [7, 11) is 1.34. The lowest BCUT2D eigenvalue weighted by molar-refractivity contribution is -0.141. The molecule has 0 fully saturated rings. The van der Waals surface area contributed by atoms with Gasteiger partial charge in [-0.15, -0.1) is 11.8 Å². The van der Waals surface area contributed by atoms with Crippen molar-refractivity contribution in [1.29, 1.82) is 0 Å². The molecule has 2 rings (SSSR count). The van der Waals surface area contributed by atoms with Gasteiger partial charge in [0, 0.05) is 23.1 Å². The van der Waals surface area contributed by atoms with Crippen LogP contribution in [0, 0.1) is 0 Å². The molecule has 0 bridgehead atoms. The Balaban J connectivity index is 2.11. The predicted octanol–water partition coefficient (Wildman–Crippen LogP) is 2.47. The van der Waals surface area contributed by atoms with E-state index >= 15 is 0 Å². The third-order valence-electron chi connectivity index (χ3n) is 3.00. The highest BCUT2D eigenvalue weighted by atomic mass is 32.2. The minimum atomic E-state index is -0.346. The summed E-state index contributed by atoms with van der Waals surface area (Å²) in [5.41, 5.74) is 0.945. The first-order valence-electron chi connectivity index (χ1n) is 6.24. The lowest BCUT2D eigenvalue weighted by Crippen LogP contribution is -2.38. The van der Waals surface area contributed by atoms with Crippen molar-refractivity contribution >= 4 is 29.3 Å². The molecule has 102 valence electrons. The van der Waals surface area contributed by atoms with Crippen LogP contribution in [0.5, 0.6) is 0 Å². The predicted molar refractivity (Wildman–Crippen MR) is 75.4 cm³/mol. The molecule has 1 aromatic rings. The fourth-order valence-corrected chi connectivity index (χ4v) is 3.18. The average Bonchev–Trinajstić information content (AvgIpc) is 2.43. The number of hydrogen-bond donors (Lipinski definition) is 0. The molecule has 0 saturated carbocycles. The van der Waals surface area contributed by atoms with E-state index < -0.39 is 0 Å². The van der Waals surface area contributed by atoms with Crippen molar-refractivity contribution in [2.24, 2.45) is 0 Å². The van der Waals surface area contributed by atoms with Crippen molar-refractivity contribution in [3.8, 4) is 0 Å². The maximum atomic E-state index is 12.2. The number of hydrogen-bond acceptors (Lipinski definition) is 4. The summed E-state index contributed by atoms with van der Waals surface area (Å²) < 4.78 is 4.56. The Kier molecular flexibility index (Phi) is 4.47. The SMILES string of the molecule is COC(=O)CCC(=O)N1CC(C)Sc2ccccc21. The van der Waals surface area contributed by atoms with Gasteiger partial charge in [-0.3, -0.25) is 9.59 Å². The lowest BCUT2D eigenvalue weighted by Gasteiger charge is -2.32. The minimum absolute atomic E-state index is 0.0231. The lowest BCUT2D eigenvalue weighted by atomic mass is 10.2. The number of carbonyl (C=O) groups excluding carboxylic acids is 2. The summed E-state index contributed by atoms with van der Waals surface area (Å²) in [6, 6.07) is 7.87. The van der Waals surface area contributed by atoms with Gasteiger partial charge in [-0.1, -0.05) is 19.1 Å². The van der Waals surface area contributed by atoms with E-state index in [1.807, 2.05) is 24.3 Å². The first-order chi connectivity index (χ1) is 9.11. The molecular weight excluding hydrogens is 262 g/mol. The number of thioether (sulfide) groups is 1. The van der Waals surface area contributed by atoms with Crippen molar-refractivity contribution in [2.45, 2.75) is 29.9 Å². The van der Waals surface area contributed by atoms with Crippen LogP contribution >= 0.6 is 11.8 Å². The Morgan fingerprint density at radius 2 is 2.11 bits per heavy atom. The Bertz CT molecular complexity index is 489. The van der Waals surface area contributed by atoms with Gasteiger partial charge in [0.05, 0.1) is 19.2 Å². The molecule has 1 heterocycles. The number of carbonyl (C=O) groups is 2. The standard InChI is InChI=1S/C14H17NO3S/c1-10-9-15(13(16)7-8-14(17)18-2)11-5-3-4-6-12(11)19-10/h3-6,10H,7-9H2,1-2H3. The van der Waals surface area contributed by atoms with E-state index in [-0.39, 0.29) is 24.7 Å². The molecule has 0 aromatic heterocycles. The van der Waals surface area contributed by atoms with Gasteiger partial charge in [-0.25, -0.2) is 0 Å². The van der Waals surface area contributed by atoms with Crippen molar-refractivity contribution in [3.05, 3.63) is 24.3 Å². The van der Waals surface area contributed by atoms with Crippen LogP contribution in [0.1, 0.15) is 19.8 Å². The number of anilines is 1. The first kappa shape index (κ1) is 13.9. The number of ether oxygens (including phenoxy) is 1. The van der Waals surface area contributed by atoms with E-state index in [1.54, 1.807) is 16.7 Å². The maximum Gasteiger partial charge on any atom is 0.306 e. The van der Waals surface area contributed by atoms with Crippen molar-refractivity contribution in [3.63, 3.8) is 0 Å². The van der Waals surface area contributed by atoms with E-state index in [2.05, 4.69) is 11.7 Å². The van der Waals surface area contributed by atoms with E-state index in [0.717, 1.165) is 10.6 Å². The highest BCUT2D eigenvalue weighted by Crippen LogP contribution is 2.38. The summed E-state index contributed by atoms with van der Waals surface area (Å²) in [4.78, 5) is 26.2. The molecule has 0 N–H and O–H groups in total. The molecule has 0 aliphatic carbocycles. The quantitative estimate of drug-likeness (QED) is 0.797. The molecule has 0 saturated heterocycles. The normalized spacial score (nSPS) is 17.8. The van der Waals surface area contributed by atoms with E-state index in [0.29, 0.717) is 11.8 Å². The molecular formula is C14H17NO3S. The number of para-hydroxylation sites is 1. The Hall–Kier alpha value is -1.49. The fourth-order valence-electron chi connectivity index (χ4n) is 2.07. The second-order valence-electron chi connectivity index (χ2n) is 4.48. The summed E-state index contributed by atoms with van der Waals surface area (Å²) in [5.74, 6) is -0.369. The van der Waals surface area contributed by atoms with Gasteiger partial charge in [0.1, 0.15) is 0 Å². The topological polar surface area (TPSA) is 46.6 Å². The van der Waals surface area contributed by atoms with Crippen LogP contribution in [-0.4, -0.2) is 30.8 Å².